The Morgan fingerprint density at radius 2 is 1.48 bits per heavy atom. The first-order chi connectivity index (χ1) is 20.7. The molecule has 0 heterocycles. The van der Waals surface area contributed by atoms with Crippen LogP contribution in [0.25, 0.3) is 12.2 Å². The maximum atomic E-state index is 15.2. The monoisotopic (exact) mass is 631 g/mol. The number of rotatable bonds is 12. The summed E-state index contributed by atoms with van der Waals surface area (Å²) in [6.07, 6.45) is -5.73. The van der Waals surface area contributed by atoms with E-state index >= 15 is 8.78 Å². The standard InChI is InChI=1S/C34H31F6NO2S/c1-32(2,44(41)42)22-33(21-24-11-7-4-8-12-24,27-18-28(35)20-29(19-27)43-34(39,40)31(37)38)26-15-16-30(36)25(17-26)14-13-23-9-5-3-6-10-23/h3-20,31H,21-22,41H2,1-2H3/t33-,44?/m1/s1. The van der Waals surface area contributed by atoms with E-state index in [2.05, 4.69) is 4.74 Å². The molecule has 0 saturated carbocycles. The number of hydrogen-bond donors (Lipinski definition) is 1. The Morgan fingerprint density at radius 1 is 0.841 bits per heavy atom. The lowest BCUT2D eigenvalue weighted by Gasteiger charge is -2.41. The minimum atomic E-state index is -4.89. The topological polar surface area (TPSA) is 52.3 Å². The Kier molecular flexibility index (Phi) is 10.1. The Hall–Kier alpha value is -3.89. The van der Waals surface area contributed by atoms with Gasteiger partial charge < -0.3 is 4.74 Å². The average Bonchev–Trinajstić information content (AvgIpc) is 2.96. The van der Waals surface area contributed by atoms with Gasteiger partial charge in [0.15, 0.2) is 0 Å². The van der Waals surface area contributed by atoms with E-state index in [0.717, 1.165) is 23.3 Å². The number of nitrogens with two attached hydrogens (primary N) is 1. The molecule has 0 saturated heterocycles. The van der Waals surface area contributed by atoms with Crippen LogP contribution >= 0.6 is 0 Å². The third-order valence-electron chi connectivity index (χ3n) is 7.36. The van der Waals surface area contributed by atoms with Crippen molar-refractivity contribution < 1.29 is 35.3 Å². The van der Waals surface area contributed by atoms with Crippen LogP contribution in [-0.2, 0) is 22.8 Å². The first-order valence-corrected chi connectivity index (χ1v) is 14.8. The molecule has 0 aromatic heterocycles. The van der Waals surface area contributed by atoms with Crippen molar-refractivity contribution in [3.63, 3.8) is 0 Å². The first-order valence-electron chi connectivity index (χ1n) is 13.6. The number of ether oxygens (including phenoxy) is 1. The summed E-state index contributed by atoms with van der Waals surface area (Å²) in [7, 11) is -1.93. The molecule has 0 aliphatic heterocycles. The highest BCUT2D eigenvalue weighted by Crippen LogP contribution is 2.46. The fraction of sp³-hybridized carbons (Fsp3) is 0.235. The van der Waals surface area contributed by atoms with Gasteiger partial charge in [-0.1, -0.05) is 78.9 Å². The van der Waals surface area contributed by atoms with Gasteiger partial charge in [-0.05, 0) is 73.2 Å². The molecule has 2 N–H and O–H groups in total. The molecule has 44 heavy (non-hydrogen) atoms. The fourth-order valence-corrected chi connectivity index (χ4v) is 5.59. The van der Waals surface area contributed by atoms with Crippen LogP contribution in [0.5, 0.6) is 5.75 Å². The van der Waals surface area contributed by atoms with Crippen LogP contribution in [0.3, 0.4) is 0 Å². The van der Waals surface area contributed by atoms with Gasteiger partial charge in [0.2, 0.25) is 0 Å². The molecule has 4 aromatic carbocycles. The van der Waals surface area contributed by atoms with Gasteiger partial charge in [-0.3, -0.25) is 5.14 Å². The van der Waals surface area contributed by atoms with Crippen LogP contribution < -0.4 is 9.88 Å². The minimum absolute atomic E-state index is 0.0421. The summed E-state index contributed by atoms with van der Waals surface area (Å²) in [5.41, 5.74) is 0.799. The van der Waals surface area contributed by atoms with Crippen molar-refractivity contribution in [2.75, 3.05) is 0 Å². The second-order valence-corrected chi connectivity index (χ2v) is 12.8. The van der Waals surface area contributed by atoms with E-state index in [-0.39, 0.29) is 24.0 Å². The lowest BCUT2D eigenvalue weighted by molar-refractivity contribution is -0.253. The maximum absolute atomic E-state index is 15.2. The molecular weight excluding hydrogens is 600 g/mol. The number of hydrogen-bond acceptors (Lipinski definition) is 2. The maximum Gasteiger partial charge on any atom is 0.461 e. The summed E-state index contributed by atoms with van der Waals surface area (Å²) in [6.45, 7) is 3.26. The second-order valence-electron chi connectivity index (χ2n) is 11.1. The Bertz CT molecular complexity index is 1630. The number of halogens is 6. The third-order valence-corrected chi connectivity index (χ3v) is 8.59. The molecule has 0 radical (unpaired) electrons. The minimum Gasteiger partial charge on any atom is -0.428 e. The van der Waals surface area contributed by atoms with Crippen molar-refractivity contribution in [1.82, 2.24) is 0 Å². The van der Waals surface area contributed by atoms with Crippen LogP contribution in [0.2, 0.25) is 0 Å². The van der Waals surface area contributed by atoms with Gasteiger partial charge >= 0.3 is 12.5 Å². The van der Waals surface area contributed by atoms with Gasteiger partial charge in [-0.25, -0.2) is 13.0 Å². The molecule has 0 bridgehead atoms. The lowest BCUT2D eigenvalue weighted by Crippen LogP contribution is -2.43. The van der Waals surface area contributed by atoms with E-state index in [0.29, 0.717) is 11.6 Å². The zero-order valence-corrected chi connectivity index (χ0v) is 24.8. The Morgan fingerprint density at radius 3 is 2.09 bits per heavy atom. The van der Waals surface area contributed by atoms with Crippen molar-refractivity contribution in [3.8, 4) is 5.75 Å². The summed E-state index contributed by atoms with van der Waals surface area (Å²) >= 11 is 0. The molecule has 3 nitrogen and oxygen atoms in total. The molecule has 2 atom stereocenters. The molecule has 4 aromatic rings. The van der Waals surface area contributed by atoms with Crippen LogP contribution in [0.4, 0.5) is 26.3 Å². The van der Waals surface area contributed by atoms with E-state index < -0.39 is 51.1 Å². The van der Waals surface area contributed by atoms with Crippen molar-refractivity contribution in [2.45, 2.75) is 49.4 Å². The second kappa shape index (κ2) is 13.4. The van der Waals surface area contributed by atoms with Crippen molar-refractivity contribution in [3.05, 3.63) is 137 Å². The first kappa shape index (κ1) is 33.0. The van der Waals surface area contributed by atoms with Gasteiger partial charge in [0.25, 0.3) is 0 Å². The SMILES string of the molecule is CC(C)(C[C@@](Cc1ccccc1)(c1cc(F)cc(OC(F)(F)C(F)F)c1)c1ccc(F)c(C=Cc2ccccc2)c1)S(N)=O. The zero-order valence-electron chi connectivity index (χ0n) is 24.0. The van der Waals surface area contributed by atoms with Gasteiger partial charge in [0.05, 0.1) is 15.7 Å². The van der Waals surface area contributed by atoms with Gasteiger partial charge in [-0.15, -0.1) is 0 Å². The molecule has 0 aliphatic rings. The molecule has 10 heteroatoms. The van der Waals surface area contributed by atoms with Crippen molar-refractivity contribution in [2.24, 2.45) is 5.14 Å². The lowest BCUT2D eigenvalue weighted by atomic mass is 9.65. The molecule has 1 unspecified atom stereocenters. The van der Waals surface area contributed by atoms with Gasteiger partial charge in [0, 0.05) is 17.0 Å². The molecule has 0 amide bonds. The average molecular weight is 632 g/mol. The summed E-state index contributed by atoms with van der Waals surface area (Å²) in [6, 6.07) is 25.1. The summed E-state index contributed by atoms with van der Waals surface area (Å²) < 4.78 is 100. The number of benzene rings is 4. The van der Waals surface area contributed by atoms with Crippen LogP contribution in [-0.4, -0.2) is 21.5 Å². The zero-order chi connectivity index (χ0) is 32.1. The molecule has 0 fully saturated rings. The fourth-order valence-electron chi connectivity index (χ4n) is 5.20. The van der Waals surface area contributed by atoms with Crippen LogP contribution in [0, 0.1) is 11.6 Å². The summed E-state index contributed by atoms with van der Waals surface area (Å²) in [5, 5.41) is 5.89. The molecule has 0 spiro atoms. The quantitative estimate of drug-likeness (QED) is 0.126. The largest absolute Gasteiger partial charge is 0.461 e. The van der Waals surface area contributed by atoms with Gasteiger partial charge in [0.1, 0.15) is 17.4 Å². The Labute approximate surface area is 255 Å². The summed E-state index contributed by atoms with van der Waals surface area (Å²) in [4.78, 5) is 0. The predicted molar refractivity (Wildman–Crippen MR) is 162 cm³/mol. The van der Waals surface area contributed by atoms with Crippen molar-refractivity contribution in [1.29, 1.82) is 0 Å². The highest BCUT2D eigenvalue weighted by molar-refractivity contribution is 7.84. The molecular formula is C34H31F6NO2S. The number of alkyl halides is 4. The van der Waals surface area contributed by atoms with Crippen LogP contribution in [0.1, 0.15) is 48.1 Å². The smallest absolute Gasteiger partial charge is 0.428 e. The van der Waals surface area contributed by atoms with E-state index in [4.69, 9.17) is 5.14 Å². The van der Waals surface area contributed by atoms with Crippen molar-refractivity contribution >= 4 is 23.1 Å². The highest BCUT2D eigenvalue weighted by Gasteiger charge is 2.46. The third kappa shape index (κ3) is 7.78. The Balaban J connectivity index is 2.00. The molecule has 0 aliphatic carbocycles. The van der Waals surface area contributed by atoms with Gasteiger partial charge in [-0.2, -0.15) is 17.6 Å². The van der Waals surface area contributed by atoms with Crippen LogP contribution in [0.15, 0.2) is 97.1 Å². The molecule has 232 valence electrons. The predicted octanol–water partition coefficient (Wildman–Crippen LogP) is 8.69. The highest BCUT2D eigenvalue weighted by atomic mass is 32.2. The normalized spacial score (nSPS) is 14.5. The van der Waals surface area contributed by atoms with E-state index in [9.17, 15) is 21.8 Å². The van der Waals surface area contributed by atoms with E-state index in [1.807, 2.05) is 30.3 Å². The molecule has 4 rings (SSSR count). The van der Waals surface area contributed by atoms with E-state index in [1.165, 1.54) is 12.1 Å². The van der Waals surface area contributed by atoms with E-state index in [1.54, 1.807) is 62.4 Å². The summed E-state index contributed by atoms with van der Waals surface area (Å²) in [5.74, 6) is -2.42.